The van der Waals surface area contributed by atoms with Gasteiger partial charge in [-0.3, -0.25) is 4.98 Å². The van der Waals surface area contributed by atoms with Gasteiger partial charge in [0.15, 0.2) is 0 Å². The molecule has 2 heterocycles. The lowest BCUT2D eigenvalue weighted by Gasteiger charge is -1.98. The van der Waals surface area contributed by atoms with Crippen molar-refractivity contribution in [1.29, 1.82) is 0 Å². The summed E-state index contributed by atoms with van der Waals surface area (Å²) in [4.78, 5) is 7.57. The third-order valence-corrected chi connectivity index (χ3v) is 1.39. The molecular formula is C7H6N4O. The predicted molar refractivity (Wildman–Crippen MR) is 40.8 cm³/mol. The molecule has 0 amide bonds. The molecule has 0 spiro atoms. The zero-order valence-electron chi connectivity index (χ0n) is 6.12. The second-order valence-electron chi connectivity index (χ2n) is 2.24. The Balaban J connectivity index is 2.48. The molecule has 5 heteroatoms. The fourth-order valence-electron chi connectivity index (χ4n) is 0.883. The van der Waals surface area contributed by atoms with Gasteiger partial charge in [-0.15, -0.1) is 0 Å². The molecule has 0 unspecified atom stereocenters. The van der Waals surface area contributed by atoms with Gasteiger partial charge in [0.1, 0.15) is 18.4 Å². The van der Waals surface area contributed by atoms with E-state index >= 15 is 0 Å². The van der Waals surface area contributed by atoms with E-state index in [9.17, 15) is 0 Å². The summed E-state index contributed by atoms with van der Waals surface area (Å²) in [6, 6.07) is 1.56. The molecule has 2 aromatic heterocycles. The molecule has 0 aliphatic heterocycles. The maximum Gasteiger partial charge on any atom is 0.138 e. The van der Waals surface area contributed by atoms with Gasteiger partial charge in [0, 0.05) is 6.07 Å². The first-order valence-electron chi connectivity index (χ1n) is 3.35. The van der Waals surface area contributed by atoms with Gasteiger partial charge < -0.3 is 5.11 Å². The van der Waals surface area contributed by atoms with Gasteiger partial charge in [-0.1, -0.05) is 0 Å². The fraction of sp³-hybridized carbons (Fsp3) is 0. The predicted octanol–water partition coefficient (Wildman–Crippen LogP) is 0.368. The Morgan fingerprint density at radius 1 is 1.25 bits per heavy atom. The van der Waals surface area contributed by atoms with Crippen molar-refractivity contribution in [1.82, 2.24) is 19.7 Å². The molecule has 0 aliphatic rings. The maximum atomic E-state index is 9.09. The highest BCUT2D eigenvalue weighted by Gasteiger charge is 1.97. The quantitative estimate of drug-likeness (QED) is 0.657. The van der Waals surface area contributed by atoms with Crippen molar-refractivity contribution in [2.45, 2.75) is 0 Å². The van der Waals surface area contributed by atoms with Crippen LogP contribution in [0.1, 0.15) is 0 Å². The van der Waals surface area contributed by atoms with Crippen LogP contribution in [0.3, 0.4) is 0 Å². The van der Waals surface area contributed by atoms with Crippen molar-refractivity contribution in [3.05, 3.63) is 31.1 Å². The Morgan fingerprint density at radius 3 is 2.83 bits per heavy atom. The molecule has 0 aliphatic carbocycles. The Kier molecular flexibility index (Phi) is 1.48. The molecule has 60 valence electrons. The van der Waals surface area contributed by atoms with Gasteiger partial charge in [0.25, 0.3) is 0 Å². The third-order valence-electron chi connectivity index (χ3n) is 1.39. The Hall–Kier alpha value is -1.91. The summed E-state index contributed by atoms with van der Waals surface area (Å²) in [7, 11) is 0. The molecule has 0 fully saturated rings. The number of aromatic nitrogens is 4. The number of rotatable bonds is 1. The van der Waals surface area contributed by atoms with Gasteiger partial charge in [0.05, 0.1) is 18.1 Å². The Labute approximate surface area is 68.3 Å². The molecule has 0 atom stereocenters. The largest absolute Gasteiger partial charge is 0.506 e. The standard InChI is InChI=1S/C7H6N4O/c12-7-1-6(2-8-3-7)11-5-9-4-10-11/h1-5,12H. The highest BCUT2D eigenvalue weighted by Crippen LogP contribution is 2.10. The lowest BCUT2D eigenvalue weighted by molar-refractivity contribution is 0.472. The normalized spacial score (nSPS) is 10.0. The van der Waals surface area contributed by atoms with E-state index in [0.29, 0.717) is 5.69 Å². The van der Waals surface area contributed by atoms with E-state index in [1.807, 2.05) is 0 Å². The monoisotopic (exact) mass is 162 g/mol. The van der Waals surface area contributed by atoms with Gasteiger partial charge >= 0.3 is 0 Å². The molecule has 5 nitrogen and oxygen atoms in total. The van der Waals surface area contributed by atoms with Crippen LogP contribution in [0, 0.1) is 0 Å². The average molecular weight is 162 g/mol. The lowest BCUT2D eigenvalue weighted by Crippen LogP contribution is -1.94. The summed E-state index contributed by atoms with van der Waals surface area (Å²) in [5, 5.41) is 13.0. The van der Waals surface area contributed by atoms with Crippen LogP contribution in [0.5, 0.6) is 5.75 Å². The van der Waals surface area contributed by atoms with E-state index in [0.717, 1.165) is 0 Å². The fourth-order valence-corrected chi connectivity index (χ4v) is 0.883. The van der Waals surface area contributed by atoms with Crippen LogP contribution in [0.4, 0.5) is 0 Å². The van der Waals surface area contributed by atoms with Crippen LogP contribution in [-0.4, -0.2) is 24.9 Å². The van der Waals surface area contributed by atoms with Crippen molar-refractivity contribution in [2.24, 2.45) is 0 Å². The minimum atomic E-state index is 0.114. The van der Waals surface area contributed by atoms with Gasteiger partial charge in [-0.25, -0.2) is 9.67 Å². The molecule has 0 saturated carbocycles. The topological polar surface area (TPSA) is 63.8 Å². The zero-order chi connectivity index (χ0) is 8.39. The highest BCUT2D eigenvalue weighted by atomic mass is 16.3. The average Bonchev–Trinajstić information content (AvgIpc) is 2.56. The summed E-state index contributed by atoms with van der Waals surface area (Å²) in [6.45, 7) is 0. The van der Waals surface area contributed by atoms with Crippen molar-refractivity contribution in [3.8, 4) is 11.4 Å². The molecule has 2 aromatic rings. The van der Waals surface area contributed by atoms with Crippen LogP contribution < -0.4 is 0 Å². The minimum Gasteiger partial charge on any atom is -0.506 e. The molecule has 1 N–H and O–H groups in total. The van der Waals surface area contributed by atoms with Gasteiger partial charge in [0.2, 0.25) is 0 Å². The molecule has 0 radical (unpaired) electrons. The number of pyridine rings is 1. The van der Waals surface area contributed by atoms with Crippen LogP contribution >= 0.6 is 0 Å². The first-order valence-corrected chi connectivity index (χ1v) is 3.35. The SMILES string of the molecule is Oc1cncc(-n2cncn2)c1. The second kappa shape index (κ2) is 2.61. The summed E-state index contributed by atoms with van der Waals surface area (Å²) >= 11 is 0. The van der Waals surface area contributed by atoms with Gasteiger partial charge in [-0.05, 0) is 0 Å². The van der Waals surface area contributed by atoms with Crippen LogP contribution in [0.15, 0.2) is 31.1 Å². The Bertz CT molecular complexity index is 371. The number of hydrogen-bond acceptors (Lipinski definition) is 4. The smallest absolute Gasteiger partial charge is 0.138 e. The second-order valence-corrected chi connectivity index (χ2v) is 2.24. The lowest BCUT2D eigenvalue weighted by atomic mass is 10.4. The van der Waals surface area contributed by atoms with E-state index in [1.165, 1.54) is 23.5 Å². The first kappa shape index (κ1) is 6.78. The van der Waals surface area contributed by atoms with E-state index < -0.39 is 0 Å². The Morgan fingerprint density at radius 2 is 2.17 bits per heavy atom. The number of aromatic hydroxyl groups is 1. The summed E-state index contributed by atoms with van der Waals surface area (Å²) < 4.78 is 1.52. The van der Waals surface area contributed by atoms with E-state index in [-0.39, 0.29) is 5.75 Å². The highest BCUT2D eigenvalue weighted by molar-refractivity contribution is 5.32. The first-order chi connectivity index (χ1) is 5.86. The molecule has 0 bridgehead atoms. The molecule has 0 saturated heterocycles. The molecule has 2 rings (SSSR count). The molecular weight excluding hydrogens is 156 g/mol. The summed E-state index contributed by atoms with van der Waals surface area (Å²) in [6.07, 6.45) is 5.91. The maximum absolute atomic E-state index is 9.09. The molecule has 0 aromatic carbocycles. The van der Waals surface area contributed by atoms with E-state index in [2.05, 4.69) is 15.1 Å². The molecule has 12 heavy (non-hydrogen) atoms. The zero-order valence-corrected chi connectivity index (χ0v) is 6.12. The minimum absolute atomic E-state index is 0.114. The van der Waals surface area contributed by atoms with Crippen molar-refractivity contribution in [2.75, 3.05) is 0 Å². The summed E-state index contributed by atoms with van der Waals surface area (Å²) in [5.41, 5.74) is 0.688. The van der Waals surface area contributed by atoms with Crippen molar-refractivity contribution in [3.63, 3.8) is 0 Å². The van der Waals surface area contributed by atoms with Crippen LogP contribution in [-0.2, 0) is 0 Å². The van der Waals surface area contributed by atoms with E-state index in [4.69, 9.17) is 5.11 Å². The third kappa shape index (κ3) is 1.12. The van der Waals surface area contributed by atoms with Crippen LogP contribution in [0.2, 0.25) is 0 Å². The van der Waals surface area contributed by atoms with Crippen LogP contribution in [0.25, 0.3) is 5.69 Å². The summed E-state index contributed by atoms with van der Waals surface area (Å²) in [5.74, 6) is 0.114. The van der Waals surface area contributed by atoms with Crippen molar-refractivity contribution < 1.29 is 5.11 Å². The van der Waals surface area contributed by atoms with Crippen molar-refractivity contribution >= 4 is 0 Å². The van der Waals surface area contributed by atoms with E-state index in [1.54, 1.807) is 12.3 Å². The van der Waals surface area contributed by atoms with Gasteiger partial charge in [-0.2, -0.15) is 5.10 Å². The number of nitrogens with zero attached hydrogens (tertiary/aromatic N) is 4. The number of hydrogen-bond donors (Lipinski definition) is 1.